The molecule has 11 heavy (non-hydrogen) atoms. The first-order valence-corrected chi connectivity index (χ1v) is 3.35. The molecule has 0 spiro atoms. The van der Waals surface area contributed by atoms with Gasteiger partial charge in [0.05, 0.1) is 5.70 Å². The molecule has 0 aliphatic carbocycles. The van der Waals surface area contributed by atoms with Gasteiger partial charge in [-0.25, -0.2) is 0 Å². The molecular formula is C8H6N2O. The second kappa shape index (κ2) is 2.27. The zero-order chi connectivity index (χ0) is 7.68. The van der Waals surface area contributed by atoms with Gasteiger partial charge in [-0.3, -0.25) is 9.98 Å². The Hall–Kier alpha value is -1.51. The van der Waals surface area contributed by atoms with Gasteiger partial charge >= 0.3 is 0 Å². The van der Waals surface area contributed by atoms with Crippen LogP contribution in [0.2, 0.25) is 0 Å². The Bertz CT molecular complexity index is 310. The third-order valence-electron chi connectivity index (χ3n) is 1.69. The summed E-state index contributed by atoms with van der Waals surface area (Å²) in [5.41, 5.74) is 1.76. The lowest BCUT2D eigenvalue weighted by Crippen LogP contribution is -2.13. The molecular weight excluding hydrogens is 140 g/mol. The van der Waals surface area contributed by atoms with Crippen molar-refractivity contribution in [1.29, 1.82) is 0 Å². The molecule has 0 aromatic heterocycles. The highest BCUT2D eigenvalue weighted by Crippen LogP contribution is 2.22. The molecule has 1 unspecified atom stereocenters. The number of allylic oxidation sites excluding steroid dienone is 2. The lowest BCUT2D eigenvalue weighted by molar-refractivity contribution is -0.108. The van der Waals surface area contributed by atoms with Gasteiger partial charge in [0.25, 0.3) is 0 Å². The van der Waals surface area contributed by atoms with E-state index in [0.29, 0.717) is 0 Å². The molecule has 2 rings (SSSR count). The summed E-state index contributed by atoms with van der Waals surface area (Å²) in [5.74, 6) is 0. The van der Waals surface area contributed by atoms with E-state index in [0.717, 1.165) is 17.6 Å². The molecule has 0 fully saturated rings. The fraction of sp³-hybridized carbons (Fsp3) is 0.125. The van der Waals surface area contributed by atoms with Crippen LogP contribution in [0.1, 0.15) is 0 Å². The minimum Gasteiger partial charge on any atom is -0.301 e. The highest BCUT2D eigenvalue weighted by Gasteiger charge is 2.19. The maximum absolute atomic E-state index is 10.5. The molecule has 0 aromatic rings. The van der Waals surface area contributed by atoms with E-state index >= 15 is 0 Å². The maximum Gasteiger partial charge on any atom is 0.149 e. The van der Waals surface area contributed by atoms with Gasteiger partial charge in [-0.05, 0) is 12.2 Å². The average Bonchev–Trinajstić information content (AvgIpc) is 2.50. The van der Waals surface area contributed by atoms with Gasteiger partial charge < -0.3 is 4.79 Å². The van der Waals surface area contributed by atoms with Crippen LogP contribution in [0, 0.1) is 0 Å². The van der Waals surface area contributed by atoms with Gasteiger partial charge in [-0.2, -0.15) is 0 Å². The van der Waals surface area contributed by atoms with Crippen molar-refractivity contribution in [3.8, 4) is 0 Å². The number of fused-ring (bicyclic) bond motifs is 1. The van der Waals surface area contributed by atoms with E-state index in [9.17, 15) is 4.79 Å². The Kier molecular flexibility index (Phi) is 1.28. The van der Waals surface area contributed by atoms with Crippen LogP contribution in [0.4, 0.5) is 0 Å². The highest BCUT2D eigenvalue weighted by atomic mass is 16.1. The molecule has 3 nitrogen and oxygen atoms in total. The summed E-state index contributed by atoms with van der Waals surface area (Å²) >= 11 is 0. The summed E-state index contributed by atoms with van der Waals surface area (Å²) in [7, 11) is 0. The highest BCUT2D eigenvalue weighted by molar-refractivity contribution is 5.90. The summed E-state index contributed by atoms with van der Waals surface area (Å²) in [6.45, 7) is 0. The molecule has 0 saturated heterocycles. The molecule has 0 amide bonds. The summed E-state index contributed by atoms with van der Waals surface area (Å²) in [4.78, 5) is 18.5. The van der Waals surface area contributed by atoms with E-state index in [2.05, 4.69) is 9.98 Å². The fourth-order valence-electron chi connectivity index (χ4n) is 1.14. The molecule has 2 aliphatic heterocycles. The number of rotatable bonds is 1. The lowest BCUT2D eigenvalue weighted by atomic mass is 10.1. The van der Waals surface area contributed by atoms with Gasteiger partial charge in [-0.1, -0.05) is 0 Å². The van der Waals surface area contributed by atoms with Gasteiger partial charge in [0.1, 0.15) is 12.3 Å². The van der Waals surface area contributed by atoms with Crippen molar-refractivity contribution in [2.75, 3.05) is 0 Å². The Morgan fingerprint density at radius 3 is 3.09 bits per heavy atom. The van der Waals surface area contributed by atoms with Gasteiger partial charge in [-0.15, -0.1) is 0 Å². The molecule has 2 heterocycles. The lowest BCUT2D eigenvalue weighted by Gasteiger charge is -2.10. The summed E-state index contributed by atoms with van der Waals surface area (Å²) in [6, 6.07) is -0.336. The van der Waals surface area contributed by atoms with Crippen molar-refractivity contribution in [2.45, 2.75) is 6.04 Å². The molecule has 1 atom stereocenters. The zero-order valence-corrected chi connectivity index (χ0v) is 5.77. The number of carbonyl (C=O) groups is 1. The largest absolute Gasteiger partial charge is 0.301 e. The Morgan fingerprint density at radius 1 is 1.36 bits per heavy atom. The van der Waals surface area contributed by atoms with Gasteiger partial charge in [0.15, 0.2) is 0 Å². The third-order valence-corrected chi connectivity index (χ3v) is 1.69. The van der Waals surface area contributed by atoms with Crippen LogP contribution in [0.3, 0.4) is 0 Å². The monoisotopic (exact) mass is 146 g/mol. The summed E-state index contributed by atoms with van der Waals surface area (Å²) in [5, 5.41) is 0. The van der Waals surface area contributed by atoms with Crippen LogP contribution in [0.15, 0.2) is 33.4 Å². The van der Waals surface area contributed by atoms with Crippen molar-refractivity contribution >= 4 is 18.7 Å². The summed E-state index contributed by atoms with van der Waals surface area (Å²) < 4.78 is 0. The molecule has 2 aliphatic rings. The molecule has 0 saturated carbocycles. The standard InChI is InChI=1S/C8H6N2O/c11-5-8-6-1-3-9-7(6)2-4-10-8/h1-5,8H. The molecule has 0 radical (unpaired) electrons. The number of aliphatic imine (C=N–C) groups is 2. The predicted molar refractivity (Wildman–Crippen MR) is 43.0 cm³/mol. The van der Waals surface area contributed by atoms with E-state index in [1.165, 1.54) is 0 Å². The number of hydrogen-bond acceptors (Lipinski definition) is 3. The van der Waals surface area contributed by atoms with E-state index in [-0.39, 0.29) is 6.04 Å². The number of carbonyl (C=O) groups excluding carboxylic acids is 1. The van der Waals surface area contributed by atoms with E-state index in [4.69, 9.17) is 0 Å². The van der Waals surface area contributed by atoms with Crippen molar-refractivity contribution in [3.63, 3.8) is 0 Å². The minimum absolute atomic E-state index is 0.336. The SMILES string of the molecule is O=CC1N=CC=C2N=CC=C21. The first kappa shape index (κ1) is 6.22. The predicted octanol–water partition coefficient (Wildman–Crippen LogP) is 0.533. The number of aldehydes is 1. The molecule has 0 aromatic carbocycles. The van der Waals surface area contributed by atoms with E-state index < -0.39 is 0 Å². The topological polar surface area (TPSA) is 41.8 Å². The second-order valence-corrected chi connectivity index (χ2v) is 2.33. The van der Waals surface area contributed by atoms with Crippen LogP contribution in [0.5, 0.6) is 0 Å². The fourth-order valence-corrected chi connectivity index (χ4v) is 1.14. The van der Waals surface area contributed by atoms with E-state index in [1.807, 2.05) is 6.08 Å². The number of hydrogen-bond donors (Lipinski definition) is 0. The number of nitrogens with zero attached hydrogens (tertiary/aromatic N) is 2. The van der Waals surface area contributed by atoms with Crippen molar-refractivity contribution < 1.29 is 4.79 Å². The zero-order valence-electron chi connectivity index (χ0n) is 5.77. The Morgan fingerprint density at radius 2 is 2.27 bits per heavy atom. The normalized spacial score (nSPS) is 26.0. The van der Waals surface area contributed by atoms with Crippen molar-refractivity contribution in [1.82, 2.24) is 0 Å². The molecule has 3 heteroatoms. The van der Waals surface area contributed by atoms with Crippen molar-refractivity contribution in [3.05, 3.63) is 23.4 Å². The van der Waals surface area contributed by atoms with Crippen LogP contribution in [0.25, 0.3) is 0 Å². The Labute approximate surface area is 63.9 Å². The number of dihydropyridines is 1. The van der Waals surface area contributed by atoms with E-state index in [1.54, 1.807) is 18.5 Å². The van der Waals surface area contributed by atoms with Crippen LogP contribution >= 0.6 is 0 Å². The first-order chi connectivity index (χ1) is 5.42. The summed E-state index contributed by atoms with van der Waals surface area (Å²) in [6.07, 6.45) is 7.75. The quantitative estimate of drug-likeness (QED) is 0.497. The van der Waals surface area contributed by atoms with Crippen LogP contribution in [-0.2, 0) is 4.79 Å². The third kappa shape index (κ3) is 0.852. The van der Waals surface area contributed by atoms with Gasteiger partial charge in [0.2, 0.25) is 0 Å². The van der Waals surface area contributed by atoms with Crippen molar-refractivity contribution in [2.24, 2.45) is 9.98 Å². The maximum atomic E-state index is 10.5. The molecule has 54 valence electrons. The Balaban J connectivity index is 2.41. The molecule has 0 bridgehead atoms. The first-order valence-electron chi connectivity index (χ1n) is 3.35. The smallest absolute Gasteiger partial charge is 0.149 e. The minimum atomic E-state index is -0.336. The van der Waals surface area contributed by atoms with Gasteiger partial charge in [0, 0.05) is 18.0 Å². The second-order valence-electron chi connectivity index (χ2n) is 2.33. The molecule has 0 N–H and O–H groups in total. The van der Waals surface area contributed by atoms with Crippen LogP contribution in [-0.4, -0.2) is 24.8 Å². The van der Waals surface area contributed by atoms with Crippen LogP contribution < -0.4 is 0 Å². The average molecular weight is 146 g/mol.